The van der Waals surface area contributed by atoms with Crippen LogP contribution in [0.1, 0.15) is 31.7 Å². The molecule has 11 nitrogen and oxygen atoms in total. The number of rotatable bonds is 5. The molecule has 0 unspecified atom stereocenters. The first-order chi connectivity index (χ1) is 18.5. The lowest BCUT2D eigenvalue weighted by molar-refractivity contribution is -0.130. The lowest BCUT2D eigenvalue weighted by Gasteiger charge is -2.39. The minimum absolute atomic E-state index is 0.119. The maximum atomic E-state index is 12.8. The minimum atomic E-state index is -3.46. The van der Waals surface area contributed by atoms with Gasteiger partial charge in [0.25, 0.3) is 0 Å². The van der Waals surface area contributed by atoms with E-state index in [1.54, 1.807) is 11.8 Å². The second-order valence-corrected chi connectivity index (χ2v) is 13.2. The summed E-state index contributed by atoms with van der Waals surface area (Å²) in [5, 5.41) is 4.80. The van der Waals surface area contributed by atoms with Crippen LogP contribution >= 0.6 is 11.6 Å². The van der Waals surface area contributed by atoms with Gasteiger partial charge in [-0.05, 0) is 42.4 Å². The molecule has 13 heteroatoms. The van der Waals surface area contributed by atoms with Gasteiger partial charge in [0, 0.05) is 78.1 Å². The van der Waals surface area contributed by atoms with E-state index < -0.39 is 10.0 Å². The first-order valence-electron chi connectivity index (χ1n) is 13.3. The molecule has 2 aromatic rings. The zero-order chi connectivity index (χ0) is 27.8. The predicted octanol–water partition coefficient (Wildman–Crippen LogP) is 2.53. The summed E-state index contributed by atoms with van der Waals surface area (Å²) in [7, 11) is -3.46. The van der Waals surface area contributed by atoms with Gasteiger partial charge in [-0.25, -0.2) is 13.2 Å². The van der Waals surface area contributed by atoms with Gasteiger partial charge in [-0.15, -0.1) is 5.10 Å². The zero-order valence-electron chi connectivity index (χ0n) is 22.5. The fraction of sp³-hybridized carbons (Fsp3) is 0.577. The third-order valence-electron chi connectivity index (χ3n) is 8.18. The molecule has 3 fully saturated rings. The number of aromatic nitrogens is 2. The molecule has 3 saturated heterocycles. The molecule has 0 radical (unpaired) electrons. The van der Waals surface area contributed by atoms with Gasteiger partial charge in [0.05, 0.1) is 17.0 Å². The molecule has 5 rings (SSSR count). The molecule has 212 valence electrons. The second kappa shape index (κ2) is 11.0. The Kier molecular flexibility index (Phi) is 7.80. The number of carbonyl (C=O) groups is 2. The fourth-order valence-electron chi connectivity index (χ4n) is 5.92. The Morgan fingerprint density at radius 3 is 2.36 bits per heavy atom. The summed E-state index contributed by atoms with van der Waals surface area (Å²) in [5.74, 6) is 0.284. The van der Waals surface area contributed by atoms with Crippen LogP contribution in [-0.4, -0.2) is 103 Å². The van der Waals surface area contributed by atoms with Crippen molar-refractivity contribution in [1.82, 2.24) is 24.5 Å². The molecule has 39 heavy (non-hydrogen) atoms. The number of likely N-dealkylation sites (tertiary alicyclic amines) is 1. The Morgan fingerprint density at radius 2 is 1.69 bits per heavy atom. The molecule has 3 aliphatic heterocycles. The first kappa shape index (κ1) is 27.7. The van der Waals surface area contributed by atoms with E-state index in [9.17, 15) is 18.0 Å². The molecule has 1 aromatic heterocycles. The number of nitrogens with one attached hydrogen (secondary N) is 1. The van der Waals surface area contributed by atoms with E-state index in [4.69, 9.17) is 11.6 Å². The number of hydrogen-bond acceptors (Lipinski definition) is 7. The number of sulfonamides is 1. The molecule has 1 N–H and O–H groups in total. The van der Waals surface area contributed by atoms with Crippen LogP contribution in [0.4, 0.5) is 16.3 Å². The van der Waals surface area contributed by atoms with Gasteiger partial charge in [-0.2, -0.15) is 4.68 Å². The van der Waals surface area contributed by atoms with Gasteiger partial charge in [0.15, 0.2) is 5.82 Å². The second-order valence-electron chi connectivity index (χ2n) is 11.0. The highest BCUT2D eigenvalue weighted by atomic mass is 35.5. The standard InChI is InChI=1S/C26H36ClN7O4S/c1-20(35)31-10-6-26(7-11-31)8-12-33(19-26)23-17-21(3-4-22(23)27)18-30-13-15-32(16-14-30)25(36)34-9-5-24(28-34)29-39(2,37)38/h3-5,9,17H,6-8,10-16,18-19H2,1-2H3,(H,28,29). The van der Waals surface area contributed by atoms with Gasteiger partial charge in [-0.1, -0.05) is 17.7 Å². The highest BCUT2D eigenvalue weighted by molar-refractivity contribution is 7.92. The summed E-state index contributed by atoms with van der Waals surface area (Å²) in [5.41, 5.74) is 2.51. The number of piperidine rings is 1. The third kappa shape index (κ3) is 6.50. The molecule has 0 aliphatic carbocycles. The predicted molar refractivity (Wildman–Crippen MR) is 151 cm³/mol. The summed E-state index contributed by atoms with van der Waals surface area (Å²) in [6.07, 6.45) is 5.71. The number of hydrogen-bond donors (Lipinski definition) is 1. The highest BCUT2D eigenvalue weighted by Crippen LogP contribution is 2.43. The van der Waals surface area contributed by atoms with Crippen LogP contribution in [0.5, 0.6) is 0 Å². The van der Waals surface area contributed by atoms with Crippen molar-refractivity contribution >= 4 is 45.1 Å². The molecule has 0 saturated carbocycles. The molecular formula is C26H36ClN7O4S. The average molecular weight is 578 g/mol. The Labute approximate surface area is 234 Å². The van der Waals surface area contributed by atoms with Crippen molar-refractivity contribution in [2.75, 3.05) is 68.2 Å². The van der Waals surface area contributed by atoms with Gasteiger partial charge in [0.1, 0.15) is 0 Å². The van der Waals surface area contributed by atoms with Gasteiger partial charge < -0.3 is 14.7 Å². The number of amides is 2. The van der Waals surface area contributed by atoms with Crippen LogP contribution in [-0.2, 0) is 21.4 Å². The van der Waals surface area contributed by atoms with E-state index >= 15 is 0 Å². The number of anilines is 2. The highest BCUT2D eigenvalue weighted by Gasteiger charge is 2.41. The van der Waals surface area contributed by atoms with Crippen molar-refractivity contribution in [1.29, 1.82) is 0 Å². The minimum Gasteiger partial charge on any atom is -0.370 e. The molecule has 0 bridgehead atoms. The Balaban J connectivity index is 1.15. The van der Waals surface area contributed by atoms with Crippen molar-refractivity contribution in [2.24, 2.45) is 5.41 Å². The van der Waals surface area contributed by atoms with Crippen LogP contribution in [0, 0.1) is 5.41 Å². The van der Waals surface area contributed by atoms with Crippen LogP contribution in [0.25, 0.3) is 0 Å². The largest absolute Gasteiger partial charge is 0.370 e. The van der Waals surface area contributed by atoms with E-state index in [1.807, 2.05) is 11.0 Å². The SMILES string of the molecule is CC(=O)N1CCC2(CC1)CCN(c1cc(CN3CCN(C(=O)n4ccc(NS(C)(=O)=O)n4)CC3)ccc1Cl)C2. The van der Waals surface area contributed by atoms with Crippen molar-refractivity contribution in [2.45, 2.75) is 32.7 Å². The molecular weight excluding hydrogens is 542 g/mol. The smallest absolute Gasteiger partial charge is 0.344 e. The molecule has 3 aliphatic rings. The van der Waals surface area contributed by atoms with E-state index in [0.29, 0.717) is 13.1 Å². The first-order valence-corrected chi connectivity index (χ1v) is 15.6. The summed E-state index contributed by atoms with van der Waals surface area (Å²) in [6.45, 7) is 8.59. The van der Waals surface area contributed by atoms with E-state index in [0.717, 1.165) is 82.0 Å². The maximum absolute atomic E-state index is 12.8. The Morgan fingerprint density at radius 1 is 1.00 bits per heavy atom. The van der Waals surface area contributed by atoms with Gasteiger partial charge >= 0.3 is 6.03 Å². The number of carbonyl (C=O) groups excluding carboxylic acids is 2. The number of piperazine rings is 1. The zero-order valence-corrected chi connectivity index (χ0v) is 24.0. The van der Waals surface area contributed by atoms with Crippen LogP contribution in [0.3, 0.4) is 0 Å². The van der Waals surface area contributed by atoms with Crippen molar-refractivity contribution < 1.29 is 18.0 Å². The lowest BCUT2D eigenvalue weighted by atomic mass is 9.78. The van der Waals surface area contributed by atoms with Crippen molar-refractivity contribution in [3.05, 3.63) is 41.0 Å². The van der Waals surface area contributed by atoms with E-state index in [2.05, 4.69) is 31.8 Å². The maximum Gasteiger partial charge on any atom is 0.344 e. The lowest BCUT2D eigenvalue weighted by Crippen LogP contribution is -2.49. The van der Waals surface area contributed by atoms with Crippen LogP contribution in [0.15, 0.2) is 30.5 Å². The summed E-state index contributed by atoms with van der Waals surface area (Å²) in [6, 6.07) is 7.44. The van der Waals surface area contributed by atoms with E-state index in [1.165, 1.54) is 22.5 Å². The Bertz CT molecular complexity index is 1330. The Hall–Kier alpha value is -2.83. The molecule has 1 aromatic carbocycles. The number of halogens is 1. The monoisotopic (exact) mass is 577 g/mol. The summed E-state index contributed by atoms with van der Waals surface area (Å²) < 4.78 is 26.2. The van der Waals surface area contributed by atoms with Crippen molar-refractivity contribution in [3.63, 3.8) is 0 Å². The van der Waals surface area contributed by atoms with E-state index in [-0.39, 0.29) is 23.2 Å². The topological polar surface area (TPSA) is 111 Å². The third-order valence-corrected chi connectivity index (χ3v) is 9.08. The summed E-state index contributed by atoms with van der Waals surface area (Å²) >= 11 is 6.66. The normalized spacial score (nSPS) is 20.0. The quantitative estimate of drug-likeness (QED) is 0.581. The summed E-state index contributed by atoms with van der Waals surface area (Å²) in [4.78, 5) is 33.0. The molecule has 0 atom stereocenters. The number of nitrogens with zero attached hydrogens (tertiary/aromatic N) is 6. The molecule has 1 spiro atoms. The fourth-order valence-corrected chi connectivity index (χ4v) is 6.64. The van der Waals surface area contributed by atoms with Gasteiger partial charge in [0.2, 0.25) is 15.9 Å². The van der Waals surface area contributed by atoms with Crippen LogP contribution < -0.4 is 9.62 Å². The van der Waals surface area contributed by atoms with Crippen molar-refractivity contribution in [3.8, 4) is 0 Å². The molecule has 2 amide bonds. The molecule has 4 heterocycles. The van der Waals surface area contributed by atoms with Gasteiger partial charge in [-0.3, -0.25) is 14.4 Å². The average Bonchev–Trinajstić information content (AvgIpc) is 3.52. The number of benzene rings is 1. The van der Waals surface area contributed by atoms with Crippen LogP contribution in [0.2, 0.25) is 5.02 Å².